The Bertz CT molecular complexity index is 4090. The van der Waals surface area contributed by atoms with E-state index in [4.69, 9.17) is 23.3 Å². The fraction of sp³-hybridized carbons (Fsp3) is 0.0943. The molecule has 0 fully saturated rings. The van der Waals surface area contributed by atoms with Crippen molar-refractivity contribution in [2.24, 2.45) is 0 Å². The molecule has 10 rings (SSSR count). The second-order valence-corrected chi connectivity index (χ2v) is 13.5. The molecule has 8 aromatic rings. The van der Waals surface area contributed by atoms with Crippen LogP contribution in [-0.2, 0) is 10.8 Å². The lowest BCUT2D eigenvalue weighted by molar-refractivity contribution is 0.660. The first kappa shape index (κ1) is 15.5. The first-order valence-electron chi connectivity index (χ1n) is 29.5. The predicted molar refractivity (Wildman–Crippen MR) is 227 cm³/mol. The minimum atomic E-state index is -1.81. The van der Waals surface area contributed by atoms with Crippen LogP contribution in [0.1, 0.15) is 82.9 Å². The maximum absolute atomic E-state index is 10.2. The average molecular weight is 717 g/mol. The van der Waals surface area contributed by atoms with Crippen molar-refractivity contribution >= 4 is 17.1 Å². The molecular formula is C53H41N. The van der Waals surface area contributed by atoms with E-state index in [-0.39, 0.29) is 80.4 Å². The topological polar surface area (TPSA) is 3.24 Å². The third kappa shape index (κ3) is 4.92. The van der Waals surface area contributed by atoms with Crippen LogP contribution in [0.4, 0.5) is 17.1 Å². The van der Waals surface area contributed by atoms with Gasteiger partial charge in [-0.3, -0.25) is 0 Å². The molecule has 0 radical (unpaired) electrons. The van der Waals surface area contributed by atoms with Crippen molar-refractivity contribution in [3.05, 3.63) is 221 Å². The van der Waals surface area contributed by atoms with Crippen LogP contribution < -0.4 is 4.90 Å². The molecule has 0 aromatic heterocycles. The summed E-state index contributed by atoms with van der Waals surface area (Å²) in [4.78, 5) is 1.05. The Morgan fingerprint density at radius 1 is 0.389 bits per heavy atom. The van der Waals surface area contributed by atoms with Gasteiger partial charge in [0, 0.05) is 27.9 Å². The van der Waals surface area contributed by atoms with Gasteiger partial charge in [0.25, 0.3) is 0 Å². The molecule has 0 amide bonds. The zero-order valence-electron chi connectivity index (χ0n) is 54.0. The van der Waals surface area contributed by atoms with Crippen LogP contribution in [0.25, 0.3) is 44.5 Å². The van der Waals surface area contributed by atoms with Crippen molar-refractivity contribution in [3.63, 3.8) is 0 Å². The van der Waals surface area contributed by atoms with Crippen molar-refractivity contribution in [1.29, 1.82) is 0 Å². The molecule has 0 N–H and O–H groups in total. The molecule has 0 saturated heterocycles. The van der Waals surface area contributed by atoms with Gasteiger partial charge in [0.15, 0.2) is 0 Å². The van der Waals surface area contributed by atoms with Crippen LogP contribution >= 0.6 is 0 Å². The summed E-state index contributed by atoms with van der Waals surface area (Å²) < 4.78 is 225. The predicted octanol–water partition coefficient (Wildman–Crippen LogP) is 14.1. The molecule has 2 aliphatic rings. The molecule has 1 heteroatoms. The normalized spacial score (nSPS) is 22.4. The summed E-state index contributed by atoms with van der Waals surface area (Å²) in [7, 11) is 0. The van der Waals surface area contributed by atoms with Crippen LogP contribution in [0.2, 0.25) is 0 Å². The van der Waals surface area contributed by atoms with Crippen molar-refractivity contribution in [2.45, 2.75) is 31.6 Å². The maximum atomic E-state index is 10.2. The van der Waals surface area contributed by atoms with Gasteiger partial charge in [-0.25, -0.2) is 0 Å². The second-order valence-electron chi connectivity index (χ2n) is 13.5. The van der Waals surface area contributed by atoms with Gasteiger partial charge in [0.1, 0.15) is 0 Å². The number of rotatable bonds is 6. The van der Waals surface area contributed by atoms with E-state index in [9.17, 15) is 11.0 Å². The molecule has 0 saturated carbocycles. The number of nitrogens with zero attached hydrogens (tertiary/aromatic N) is 1. The van der Waals surface area contributed by atoms with E-state index in [1.54, 1.807) is 13.8 Å². The van der Waals surface area contributed by atoms with Crippen molar-refractivity contribution in [3.8, 4) is 44.5 Å². The van der Waals surface area contributed by atoms with Crippen LogP contribution in [0, 0.1) is 0 Å². The molecule has 1 unspecified atom stereocenters. The summed E-state index contributed by atoms with van der Waals surface area (Å²) in [5.41, 5.74) is -6.32. The number of hydrogen-bond acceptors (Lipinski definition) is 1. The first-order valence-corrected chi connectivity index (χ1v) is 17.0. The van der Waals surface area contributed by atoms with Gasteiger partial charge in [-0.2, -0.15) is 0 Å². The van der Waals surface area contributed by atoms with Crippen LogP contribution in [0.3, 0.4) is 0 Å². The average Bonchev–Trinajstić information content (AvgIpc) is 3.90. The second kappa shape index (κ2) is 12.3. The smallest absolute Gasteiger partial charge is 0.0648 e. The van der Waals surface area contributed by atoms with Gasteiger partial charge in [-0.05, 0) is 116 Å². The molecule has 0 aliphatic heterocycles. The highest BCUT2D eigenvalue weighted by atomic mass is 15.1. The van der Waals surface area contributed by atoms with E-state index in [1.807, 2.05) is 0 Å². The number of fused-ring (bicyclic) bond motifs is 6. The van der Waals surface area contributed by atoms with Gasteiger partial charge in [0.2, 0.25) is 0 Å². The van der Waals surface area contributed by atoms with Crippen LogP contribution in [0.15, 0.2) is 194 Å². The lowest BCUT2D eigenvalue weighted by Gasteiger charge is -2.32. The summed E-state index contributed by atoms with van der Waals surface area (Å²) >= 11 is 0. The van der Waals surface area contributed by atoms with E-state index < -0.39 is 165 Å². The van der Waals surface area contributed by atoms with Gasteiger partial charge < -0.3 is 4.90 Å². The van der Waals surface area contributed by atoms with Crippen molar-refractivity contribution in [2.75, 3.05) is 4.90 Å². The van der Waals surface area contributed by atoms with E-state index in [1.165, 1.54) is 31.2 Å². The molecule has 2 aliphatic carbocycles. The Kier molecular flexibility index (Phi) is 3.54. The Morgan fingerprint density at radius 3 is 1.70 bits per heavy atom. The van der Waals surface area contributed by atoms with Gasteiger partial charge >= 0.3 is 0 Å². The summed E-state index contributed by atoms with van der Waals surface area (Å²) in [6.45, 7) is 4.88. The largest absolute Gasteiger partial charge is 0.310 e. The number of benzene rings is 8. The molecule has 54 heavy (non-hydrogen) atoms. The quantitative estimate of drug-likeness (QED) is 0.166. The molecule has 0 spiro atoms. The number of hydrogen-bond donors (Lipinski definition) is 0. The third-order valence-corrected chi connectivity index (χ3v) is 10.2. The monoisotopic (exact) mass is 716 g/mol. The van der Waals surface area contributed by atoms with Crippen molar-refractivity contribution < 1.29 is 34.3 Å². The minimum Gasteiger partial charge on any atom is -0.310 e. The molecule has 0 heterocycles. The lowest BCUT2D eigenvalue weighted by Crippen LogP contribution is -2.23. The minimum absolute atomic E-state index is 0.0153. The molecular weight excluding hydrogens is 651 g/mol. The van der Waals surface area contributed by atoms with E-state index in [0.717, 1.165) is 23.1 Å². The fourth-order valence-electron chi connectivity index (χ4n) is 7.42. The Balaban J connectivity index is 1.30. The van der Waals surface area contributed by atoms with Crippen LogP contribution in [0.5, 0.6) is 0 Å². The van der Waals surface area contributed by atoms with Crippen molar-refractivity contribution in [1.82, 2.24) is 0 Å². The highest BCUT2D eigenvalue weighted by molar-refractivity contribution is 5.87. The zero-order chi connectivity index (χ0) is 58.2. The Hall–Kier alpha value is -6.44. The van der Waals surface area contributed by atoms with Crippen LogP contribution in [-0.4, -0.2) is 0 Å². The Morgan fingerprint density at radius 2 is 0.944 bits per heavy atom. The van der Waals surface area contributed by atoms with Gasteiger partial charge in [-0.1, -0.05) is 171 Å². The molecule has 258 valence electrons. The van der Waals surface area contributed by atoms with E-state index >= 15 is 0 Å². The van der Waals surface area contributed by atoms with Gasteiger partial charge in [0.05, 0.1) is 34.3 Å². The number of anilines is 3. The highest BCUT2D eigenvalue weighted by Gasteiger charge is 2.41. The lowest BCUT2D eigenvalue weighted by atomic mass is 9.74. The Labute approximate surface area is 354 Å². The zero-order valence-corrected chi connectivity index (χ0v) is 29.0. The maximum Gasteiger partial charge on any atom is 0.0648 e. The summed E-state index contributed by atoms with van der Waals surface area (Å²) in [5, 5.41) is 0. The summed E-state index contributed by atoms with van der Waals surface area (Å²) in [6.07, 6.45) is 0. The first-order chi connectivity index (χ1) is 36.8. The SMILES string of the molecule is [2H]c1cc2c(c([2H])c1[2H])-c1c([2H])cc(N(c3cc([2H])c(-c4c([2H])c([2H])c(-c5c([2H])c([2H])c([2H])c([2H])c5[2H])c([2H])c4[2H])c([2H])c3[2H])c3cc([2H])c([2H])c(C4(C)c5ccc([2H])c([2H])c5-c5c4cc([2H])c([2H])c5[2H])c3[2H])c([2H])c1C2(C)C. The highest BCUT2D eigenvalue weighted by Crippen LogP contribution is 2.54. The molecule has 1 nitrogen and oxygen atoms in total. The third-order valence-electron chi connectivity index (χ3n) is 10.2. The van der Waals surface area contributed by atoms with E-state index in [2.05, 4.69) is 0 Å². The molecule has 8 aromatic carbocycles. The summed E-state index contributed by atoms with van der Waals surface area (Å²) in [6, 6.07) is -7.25. The van der Waals surface area contributed by atoms with E-state index in [0.29, 0.717) is 5.56 Å². The molecule has 1 atom stereocenters. The standard InChI is InChI=1S/C53H41N/c1-52(2)48-21-10-7-18-44(48)47-33-32-43(35-51(47)52)54(41-30-28-39(29-31-41)38-26-24-37(25-27-38)36-14-5-4-6-15-36)42-17-13-16-40(34-42)53(3)49-22-11-8-19-45(49)46-20-9-12-23-50(46)53/h4-35H,1-3H3/i4D,5D,6D,7D,8D,9D,10D,11D,13D,14D,15D,16D,18D,19D,20D,24D,25D,26D,27D,28D,29D,30D,33D,34D,35D. The molecule has 0 bridgehead atoms. The fourth-order valence-corrected chi connectivity index (χ4v) is 7.42. The summed E-state index contributed by atoms with van der Waals surface area (Å²) in [5.74, 6) is 0. The van der Waals surface area contributed by atoms with Gasteiger partial charge in [-0.15, -0.1) is 0 Å².